The van der Waals surface area contributed by atoms with Crippen molar-refractivity contribution in [2.45, 2.75) is 31.7 Å². The normalized spacial score (nSPS) is 24.7. The van der Waals surface area contributed by atoms with Crippen molar-refractivity contribution >= 4 is 10.2 Å². The predicted octanol–water partition coefficient (Wildman–Crippen LogP) is -0.00390. The van der Waals surface area contributed by atoms with Crippen molar-refractivity contribution in [3.05, 3.63) is 0 Å². The Labute approximate surface area is 92.4 Å². The summed E-state index contributed by atoms with van der Waals surface area (Å²) in [5.74, 6) is 0. The molecule has 0 saturated carbocycles. The lowest BCUT2D eigenvalue weighted by atomic mass is 10.0. The summed E-state index contributed by atoms with van der Waals surface area (Å²) in [5, 5.41) is 0. The molecule has 90 valence electrons. The Hall–Kier alpha value is -0.170. The molecule has 1 heterocycles. The molecule has 0 aromatic carbocycles. The number of hydrogen-bond acceptors (Lipinski definition) is 3. The first-order chi connectivity index (χ1) is 7.00. The highest BCUT2D eigenvalue weighted by atomic mass is 32.2. The van der Waals surface area contributed by atoms with Gasteiger partial charge in [-0.3, -0.25) is 0 Å². The predicted molar refractivity (Wildman–Crippen MR) is 60.6 cm³/mol. The summed E-state index contributed by atoms with van der Waals surface area (Å²) < 4.78 is 26.8. The maximum Gasteiger partial charge on any atom is 0.281 e. The van der Waals surface area contributed by atoms with E-state index in [1.165, 1.54) is 4.31 Å². The van der Waals surface area contributed by atoms with Crippen LogP contribution >= 0.6 is 0 Å². The zero-order valence-electron chi connectivity index (χ0n) is 9.52. The summed E-state index contributed by atoms with van der Waals surface area (Å²) in [5.41, 5.74) is 5.51. The smallest absolute Gasteiger partial charge is 0.281 e. The van der Waals surface area contributed by atoms with Gasteiger partial charge in [-0.15, -0.1) is 0 Å². The highest BCUT2D eigenvalue weighted by Crippen LogP contribution is 2.23. The average Bonchev–Trinajstić information content (AvgIpc) is 2.18. The Balaban J connectivity index is 2.80. The SMILES string of the molecule is CN(C)S(=O)(=O)N1CCCCC1CCN. The Morgan fingerprint density at radius 2 is 2.07 bits per heavy atom. The number of nitrogens with zero attached hydrogens (tertiary/aromatic N) is 2. The zero-order chi connectivity index (χ0) is 11.5. The van der Waals surface area contributed by atoms with Crippen LogP contribution in [0.4, 0.5) is 0 Å². The molecule has 1 saturated heterocycles. The van der Waals surface area contributed by atoms with E-state index >= 15 is 0 Å². The maximum atomic E-state index is 12.0. The van der Waals surface area contributed by atoms with Crippen LogP contribution < -0.4 is 5.73 Å². The third-order valence-corrected chi connectivity index (χ3v) is 4.83. The minimum Gasteiger partial charge on any atom is -0.330 e. The molecule has 0 aliphatic carbocycles. The molecule has 0 radical (unpaired) electrons. The molecule has 15 heavy (non-hydrogen) atoms. The summed E-state index contributed by atoms with van der Waals surface area (Å²) in [7, 11) is -0.114. The van der Waals surface area contributed by atoms with E-state index < -0.39 is 10.2 Å². The van der Waals surface area contributed by atoms with Crippen LogP contribution in [0.25, 0.3) is 0 Å². The lowest BCUT2D eigenvalue weighted by molar-refractivity contribution is 0.231. The molecular weight excluding hydrogens is 214 g/mol. The van der Waals surface area contributed by atoms with E-state index in [-0.39, 0.29) is 6.04 Å². The number of rotatable bonds is 4. The first-order valence-corrected chi connectivity index (χ1v) is 6.79. The van der Waals surface area contributed by atoms with Gasteiger partial charge >= 0.3 is 0 Å². The Kier molecular flexibility index (Phi) is 4.51. The van der Waals surface area contributed by atoms with Gasteiger partial charge in [0.15, 0.2) is 0 Å². The summed E-state index contributed by atoms with van der Waals surface area (Å²) in [6.45, 7) is 1.18. The number of piperidine rings is 1. The largest absolute Gasteiger partial charge is 0.330 e. The van der Waals surface area contributed by atoms with Gasteiger partial charge in [0.25, 0.3) is 10.2 Å². The van der Waals surface area contributed by atoms with E-state index in [0.29, 0.717) is 13.1 Å². The van der Waals surface area contributed by atoms with Crippen LogP contribution in [0.1, 0.15) is 25.7 Å². The van der Waals surface area contributed by atoms with E-state index in [0.717, 1.165) is 25.7 Å². The van der Waals surface area contributed by atoms with Gasteiger partial charge < -0.3 is 5.73 Å². The molecule has 0 aromatic heterocycles. The van der Waals surface area contributed by atoms with Gasteiger partial charge in [0.05, 0.1) is 0 Å². The topological polar surface area (TPSA) is 66.6 Å². The van der Waals surface area contributed by atoms with E-state index in [2.05, 4.69) is 0 Å². The Bertz CT molecular complexity index is 288. The lowest BCUT2D eigenvalue weighted by Gasteiger charge is -2.36. The summed E-state index contributed by atoms with van der Waals surface area (Å²) in [6, 6.07) is 0.0937. The van der Waals surface area contributed by atoms with Gasteiger partial charge in [-0.1, -0.05) is 6.42 Å². The van der Waals surface area contributed by atoms with Gasteiger partial charge in [-0.25, -0.2) is 0 Å². The van der Waals surface area contributed by atoms with Crippen molar-refractivity contribution in [2.75, 3.05) is 27.2 Å². The van der Waals surface area contributed by atoms with E-state index in [1.54, 1.807) is 18.4 Å². The van der Waals surface area contributed by atoms with Gasteiger partial charge in [0.1, 0.15) is 0 Å². The molecule has 0 bridgehead atoms. The monoisotopic (exact) mass is 235 g/mol. The Morgan fingerprint density at radius 3 is 2.60 bits per heavy atom. The quantitative estimate of drug-likeness (QED) is 0.745. The molecule has 0 amide bonds. The van der Waals surface area contributed by atoms with Crippen molar-refractivity contribution < 1.29 is 8.42 Å². The third kappa shape index (κ3) is 2.90. The molecule has 1 aliphatic heterocycles. The van der Waals surface area contributed by atoms with Crippen LogP contribution in [-0.2, 0) is 10.2 Å². The van der Waals surface area contributed by atoms with Gasteiger partial charge in [0.2, 0.25) is 0 Å². The van der Waals surface area contributed by atoms with Crippen LogP contribution in [0.3, 0.4) is 0 Å². The van der Waals surface area contributed by atoms with E-state index in [9.17, 15) is 8.42 Å². The van der Waals surface area contributed by atoms with Crippen molar-refractivity contribution in [1.29, 1.82) is 0 Å². The zero-order valence-corrected chi connectivity index (χ0v) is 10.3. The van der Waals surface area contributed by atoms with Crippen LogP contribution in [0.2, 0.25) is 0 Å². The van der Waals surface area contributed by atoms with Crippen molar-refractivity contribution in [3.63, 3.8) is 0 Å². The first-order valence-electron chi connectivity index (χ1n) is 5.39. The molecule has 0 spiro atoms. The maximum absolute atomic E-state index is 12.0. The molecule has 1 aliphatic rings. The second-order valence-electron chi connectivity index (χ2n) is 4.13. The van der Waals surface area contributed by atoms with Crippen LogP contribution in [0.5, 0.6) is 0 Å². The molecule has 5 nitrogen and oxygen atoms in total. The first kappa shape index (κ1) is 12.9. The highest BCUT2D eigenvalue weighted by Gasteiger charge is 2.32. The van der Waals surface area contributed by atoms with Crippen LogP contribution in [-0.4, -0.2) is 50.3 Å². The Morgan fingerprint density at radius 1 is 1.40 bits per heavy atom. The highest BCUT2D eigenvalue weighted by molar-refractivity contribution is 7.86. The molecule has 1 atom stereocenters. The van der Waals surface area contributed by atoms with Crippen LogP contribution in [0, 0.1) is 0 Å². The molecular formula is C9H21N3O2S. The standard InChI is InChI=1S/C9H21N3O2S/c1-11(2)15(13,14)12-8-4-3-5-9(12)6-7-10/h9H,3-8,10H2,1-2H3. The summed E-state index contributed by atoms with van der Waals surface area (Å²) in [4.78, 5) is 0. The van der Waals surface area contributed by atoms with Crippen molar-refractivity contribution in [1.82, 2.24) is 8.61 Å². The second kappa shape index (κ2) is 5.25. The fraction of sp³-hybridized carbons (Fsp3) is 1.00. The molecule has 0 aromatic rings. The third-order valence-electron chi connectivity index (χ3n) is 2.83. The number of hydrogen-bond donors (Lipinski definition) is 1. The molecule has 1 rings (SSSR count). The second-order valence-corrected chi connectivity index (χ2v) is 6.22. The van der Waals surface area contributed by atoms with E-state index in [4.69, 9.17) is 5.73 Å². The van der Waals surface area contributed by atoms with Gasteiger partial charge in [-0.2, -0.15) is 17.0 Å². The molecule has 1 unspecified atom stereocenters. The minimum atomic E-state index is -3.26. The summed E-state index contributed by atoms with van der Waals surface area (Å²) in [6.07, 6.45) is 3.75. The van der Waals surface area contributed by atoms with Crippen LogP contribution in [0.15, 0.2) is 0 Å². The van der Waals surface area contributed by atoms with Crippen molar-refractivity contribution in [3.8, 4) is 0 Å². The van der Waals surface area contributed by atoms with Crippen molar-refractivity contribution in [2.24, 2.45) is 5.73 Å². The minimum absolute atomic E-state index is 0.0937. The number of nitrogens with two attached hydrogens (primary N) is 1. The fourth-order valence-corrected chi connectivity index (χ4v) is 3.34. The lowest BCUT2D eigenvalue weighted by Crippen LogP contribution is -2.49. The summed E-state index contributed by atoms with van der Waals surface area (Å²) >= 11 is 0. The van der Waals surface area contributed by atoms with Gasteiger partial charge in [-0.05, 0) is 25.8 Å². The molecule has 6 heteroatoms. The van der Waals surface area contributed by atoms with Gasteiger partial charge in [0, 0.05) is 26.7 Å². The molecule has 2 N–H and O–H groups in total. The van der Waals surface area contributed by atoms with E-state index in [1.807, 2.05) is 0 Å². The fourth-order valence-electron chi connectivity index (χ4n) is 1.97. The average molecular weight is 235 g/mol. The molecule has 1 fully saturated rings.